The molecule has 0 saturated heterocycles. The number of aromatic hydroxyl groups is 2. The van der Waals surface area contributed by atoms with Crippen LogP contribution in [0.4, 0.5) is 0 Å². The number of phenols is 2. The van der Waals surface area contributed by atoms with Crippen molar-refractivity contribution in [2.45, 2.75) is 19.4 Å². The average molecular weight is 261 g/mol. The predicted octanol–water partition coefficient (Wildman–Crippen LogP) is 0.911. The van der Waals surface area contributed by atoms with E-state index >= 15 is 0 Å². The van der Waals surface area contributed by atoms with E-state index in [1.165, 1.54) is 18.2 Å². The van der Waals surface area contributed by atoms with Crippen molar-refractivity contribution < 1.29 is 15.3 Å². The van der Waals surface area contributed by atoms with Crippen molar-refractivity contribution in [1.82, 2.24) is 14.8 Å². The van der Waals surface area contributed by atoms with E-state index in [9.17, 15) is 15.3 Å². The van der Waals surface area contributed by atoms with Gasteiger partial charge in [0.05, 0.1) is 5.56 Å². The first-order valence-electron chi connectivity index (χ1n) is 6.24. The van der Waals surface area contributed by atoms with Gasteiger partial charge in [0.1, 0.15) is 17.3 Å². The molecule has 1 aliphatic rings. The normalized spacial score (nSPS) is 18.3. The topological polar surface area (TPSA) is 91.4 Å². The molecule has 1 aromatic carbocycles. The Labute approximate surface area is 110 Å². The zero-order valence-corrected chi connectivity index (χ0v) is 10.3. The molecule has 100 valence electrons. The number of fused-ring (bicyclic) bond motifs is 1. The van der Waals surface area contributed by atoms with Crippen LogP contribution in [0.25, 0.3) is 11.4 Å². The van der Waals surface area contributed by atoms with E-state index in [1.807, 2.05) is 4.57 Å². The molecule has 1 aromatic heterocycles. The zero-order valence-electron chi connectivity index (χ0n) is 10.3. The van der Waals surface area contributed by atoms with Gasteiger partial charge >= 0.3 is 0 Å². The third-order valence-corrected chi connectivity index (χ3v) is 3.52. The van der Waals surface area contributed by atoms with Crippen LogP contribution in [0.2, 0.25) is 0 Å². The zero-order chi connectivity index (χ0) is 13.4. The Morgan fingerprint density at radius 3 is 2.89 bits per heavy atom. The second-order valence-electron chi connectivity index (χ2n) is 4.84. The summed E-state index contributed by atoms with van der Waals surface area (Å²) in [5, 5.41) is 36.9. The van der Waals surface area contributed by atoms with E-state index in [-0.39, 0.29) is 24.0 Å². The summed E-state index contributed by atoms with van der Waals surface area (Å²) in [6.07, 6.45) is 1.65. The number of aliphatic hydroxyl groups excluding tert-OH is 1. The minimum Gasteiger partial charge on any atom is -0.508 e. The summed E-state index contributed by atoms with van der Waals surface area (Å²) >= 11 is 0. The van der Waals surface area contributed by atoms with E-state index in [2.05, 4.69) is 10.2 Å². The van der Waals surface area contributed by atoms with Gasteiger partial charge in [-0.2, -0.15) is 0 Å². The van der Waals surface area contributed by atoms with E-state index in [4.69, 9.17) is 0 Å². The van der Waals surface area contributed by atoms with E-state index in [1.54, 1.807) is 0 Å². The maximum Gasteiger partial charge on any atom is 0.167 e. The molecule has 6 heteroatoms. The summed E-state index contributed by atoms with van der Waals surface area (Å²) in [6, 6.07) is 4.32. The van der Waals surface area contributed by atoms with Crippen LogP contribution < -0.4 is 0 Å². The molecule has 0 amide bonds. The summed E-state index contributed by atoms with van der Waals surface area (Å²) in [5.41, 5.74) is 0.456. The van der Waals surface area contributed by atoms with Gasteiger partial charge in [0, 0.05) is 25.5 Å². The Bertz CT molecular complexity index is 609. The minimum absolute atomic E-state index is 0.0547. The summed E-state index contributed by atoms with van der Waals surface area (Å²) in [5.74, 6) is 1.68. The lowest BCUT2D eigenvalue weighted by atomic mass is 10.00. The van der Waals surface area contributed by atoms with Crippen LogP contribution in [-0.4, -0.2) is 36.7 Å². The Morgan fingerprint density at radius 2 is 2.11 bits per heavy atom. The summed E-state index contributed by atoms with van der Waals surface area (Å²) in [4.78, 5) is 0. The molecule has 3 rings (SSSR count). The van der Waals surface area contributed by atoms with Gasteiger partial charge in [0.25, 0.3) is 0 Å². The molecule has 1 atom stereocenters. The highest BCUT2D eigenvalue weighted by atomic mass is 16.3. The van der Waals surface area contributed by atoms with Crippen molar-refractivity contribution in [3.05, 3.63) is 24.0 Å². The maximum atomic E-state index is 9.89. The summed E-state index contributed by atoms with van der Waals surface area (Å²) in [6.45, 7) is 0.756. The molecule has 0 saturated carbocycles. The smallest absolute Gasteiger partial charge is 0.167 e. The van der Waals surface area contributed by atoms with Crippen LogP contribution in [0.3, 0.4) is 0 Å². The maximum absolute atomic E-state index is 9.89. The quantitative estimate of drug-likeness (QED) is 0.699. The fourth-order valence-electron chi connectivity index (χ4n) is 2.45. The molecule has 6 nitrogen and oxygen atoms in total. The Kier molecular flexibility index (Phi) is 2.87. The SMILES string of the molecule is OCC1CCc2nnc(-c3cc(O)ccc3O)n2C1. The molecular formula is C13H15N3O3. The molecule has 3 N–H and O–H groups in total. The lowest BCUT2D eigenvalue weighted by Gasteiger charge is -2.22. The molecule has 0 fully saturated rings. The van der Waals surface area contributed by atoms with Crippen LogP contribution in [0.15, 0.2) is 18.2 Å². The monoisotopic (exact) mass is 261 g/mol. The number of rotatable bonds is 2. The van der Waals surface area contributed by atoms with Crippen molar-refractivity contribution in [3.63, 3.8) is 0 Å². The van der Waals surface area contributed by atoms with Crippen LogP contribution in [0.1, 0.15) is 12.2 Å². The third-order valence-electron chi connectivity index (χ3n) is 3.52. The second-order valence-corrected chi connectivity index (χ2v) is 4.84. The van der Waals surface area contributed by atoms with Gasteiger partial charge < -0.3 is 19.9 Å². The standard InChI is InChI=1S/C13H15N3O3/c17-7-8-1-4-12-14-15-13(16(12)6-8)10-5-9(18)2-3-11(10)19/h2-3,5,8,17-19H,1,4,6-7H2. The molecule has 19 heavy (non-hydrogen) atoms. The first-order valence-corrected chi connectivity index (χ1v) is 6.24. The van der Waals surface area contributed by atoms with Crippen LogP contribution >= 0.6 is 0 Å². The van der Waals surface area contributed by atoms with E-state index < -0.39 is 0 Å². The number of aryl methyl sites for hydroxylation is 1. The number of benzene rings is 1. The number of nitrogens with zero attached hydrogens (tertiary/aromatic N) is 3. The number of hydrogen-bond acceptors (Lipinski definition) is 5. The molecule has 0 spiro atoms. The highest BCUT2D eigenvalue weighted by molar-refractivity contribution is 5.66. The summed E-state index contributed by atoms with van der Waals surface area (Å²) < 4.78 is 1.90. The van der Waals surface area contributed by atoms with Gasteiger partial charge in [0.15, 0.2) is 5.82 Å². The van der Waals surface area contributed by atoms with Crippen molar-refractivity contribution in [3.8, 4) is 22.9 Å². The number of aromatic nitrogens is 3. The Morgan fingerprint density at radius 1 is 1.26 bits per heavy atom. The largest absolute Gasteiger partial charge is 0.508 e. The van der Waals surface area contributed by atoms with Crippen LogP contribution in [-0.2, 0) is 13.0 Å². The van der Waals surface area contributed by atoms with Crippen molar-refractivity contribution in [2.75, 3.05) is 6.61 Å². The molecule has 0 bridgehead atoms. The fraction of sp³-hybridized carbons (Fsp3) is 0.385. The first-order chi connectivity index (χ1) is 9.19. The molecular weight excluding hydrogens is 246 g/mol. The van der Waals surface area contributed by atoms with E-state index in [0.717, 1.165) is 18.7 Å². The fourth-order valence-corrected chi connectivity index (χ4v) is 2.45. The first kappa shape index (κ1) is 12.0. The lowest BCUT2D eigenvalue weighted by molar-refractivity contribution is 0.191. The molecule has 2 aromatic rings. The highest BCUT2D eigenvalue weighted by Crippen LogP contribution is 2.33. The molecule has 0 radical (unpaired) electrons. The van der Waals surface area contributed by atoms with Gasteiger partial charge in [-0.25, -0.2) is 0 Å². The molecule has 0 aliphatic carbocycles. The number of hydrogen-bond donors (Lipinski definition) is 3. The van der Waals surface area contributed by atoms with Gasteiger partial charge in [0.2, 0.25) is 0 Å². The van der Waals surface area contributed by atoms with Gasteiger partial charge in [-0.15, -0.1) is 10.2 Å². The van der Waals surface area contributed by atoms with Crippen LogP contribution in [0, 0.1) is 5.92 Å². The minimum atomic E-state index is 0.0547. The van der Waals surface area contributed by atoms with Crippen molar-refractivity contribution in [1.29, 1.82) is 0 Å². The third kappa shape index (κ3) is 2.04. The highest BCUT2D eigenvalue weighted by Gasteiger charge is 2.24. The Balaban J connectivity index is 2.07. The second kappa shape index (κ2) is 4.55. The molecule has 1 aliphatic heterocycles. The van der Waals surface area contributed by atoms with Gasteiger partial charge in [-0.3, -0.25) is 0 Å². The Hall–Kier alpha value is -2.08. The van der Waals surface area contributed by atoms with Crippen molar-refractivity contribution >= 4 is 0 Å². The van der Waals surface area contributed by atoms with Crippen molar-refractivity contribution in [2.24, 2.45) is 5.92 Å². The average Bonchev–Trinajstić information content (AvgIpc) is 2.84. The van der Waals surface area contributed by atoms with Gasteiger partial charge in [-0.1, -0.05) is 0 Å². The van der Waals surface area contributed by atoms with E-state index in [0.29, 0.717) is 17.9 Å². The number of phenolic OH excluding ortho intramolecular Hbond substituents is 2. The number of aliphatic hydroxyl groups is 1. The summed E-state index contributed by atoms with van der Waals surface area (Å²) in [7, 11) is 0. The molecule has 2 heterocycles. The van der Waals surface area contributed by atoms with Gasteiger partial charge in [-0.05, 0) is 24.6 Å². The predicted molar refractivity (Wildman–Crippen MR) is 67.7 cm³/mol. The van der Waals surface area contributed by atoms with Crippen LogP contribution in [0.5, 0.6) is 11.5 Å². The molecule has 1 unspecified atom stereocenters. The lowest BCUT2D eigenvalue weighted by Crippen LogP contribution is -2.23.